The highest BCUT2D eigenvalue weighted by molar-refractivity contribution is 6.11. The number of rotatable bonds is 5. The summed E-state index contributed by atoms with van der Waals surface area (Å²) in [5.41, 5.74) is 1.17. The summed E-state index contributed by atoms with van der Waals surface area (Å²) in [6, 6.07) is 24.0. The summed E-state index contributed by atoms with van der Waals surface area (Å²) in [5, 5.41) is 38.1. The summed E-state index contributed by atoms with van der Waals surface area (Å²) in [7, 11) is 1.37. The van der Waals surface area contributed by atoms with Crippen molar-refractivity contribution in [2.75, 3.05) is 7.11 Å². The van der Waals surface area contributed by atoms with Crippen molar-refractivity contribution in [3.63, 3.8) is 0 Å². The molecule has 4 N–H and O–H groups in total. The number of methoxy groups -OCH3 is 1. The number of aromatic hydroxyl groups is 4. The van der Waals surface area contributed by atoms with Crippen LogP contribution in [0.4, 0.5) is 0 Å². The molecule has 0 aliphatic heterocycles. The van der Waals surface area contributed by atoms with E-state index in [2.05, 4.69) is 0 Å². The lowest BCUT2D eigenvalue weighted by Crippen LogP contribution is -2.01. The number of ether oxygens (including phenoxy) is 1. The van der Waals surface area contributed by atoms with E-state index in [1.807, 2.05) is 6.07 Å². The molecule has 0 atom stereocenters. The Balaban J connectivity index is 0.000000192. The molecule has 0 aliphatic carbocycles. The van der Waals surface area contributed by atoms with Crippen LogP contribution in [0.25, 0.3) is 0 Å². The maximum Gasteiger partial charge on any atom is 0.201 e. The van der Waals surface area contributed by atoms with Gasteiger partial charge < -0.3 is 25.2 Å². The lowest BCUT2D eigenvalue weighted by atomic mass is 10.0. The Bertz CT molecular complexity index is 1300. The number of carbonyl (C=O) groups excluding carboxylic acids is 2. The molecule has 4 rings (SSSR count). The van der Waals surface area contributed by atoms with Crippen LogP contribution in [0.5, 0.6) is 28.7 Å². The van der Waals surface area contributed by atoms with Gasteiger partial charge in [0.2, 0.25) is 5.75 Å². The van der Waals surface area contributed by atoms with E-state index in [-0.39, 0.29) is 39.9 Å². The van der Waals surface area contributed by atoms with Crippen LogP contribution in [0.3, 0.4) is 0 Å². The zero-order valence-corrected chi connectivity index (χ0v) is 18.2. The van der Waals surface area contributed by atoms with Crippen LogP contribution in [0.15, 0.2) is 91.0 Å². The van der Waals surface area contributed by atoms with E-state index in [4.69, 9.17) is 9.84 Å². The highest BCUT2D eigenvalue weighted by atomic mass is 16.5. The molecule has 0 spiro atoms. The highest BCUT2D eigenvalue weighted by Gasteiger charge is 2.18. The van der Waals surface area contributed by atoms with Gasteiger partial charge in [0.05, 0.1) is 18.2 Å². The Morgan fingerprint density at radius 3 is 1.62 bits per heavy atom. The van der Waals surface area contributed by atoms with Gasteiger partial charge in [0.1, 0.15) is 11.5 Å². The predicted octanol–water partition coefficient (Wildman–Crippen LogP) is 4.67. The summed E-state index contributed by atoms with van der Waals surface area (Å²) in [6.45, 7) is 0. The molecule has 0 bridgehead atoms. The number of ketones is 2. The highest BCUT2D eigenvalue weighted by Crippen LogP contribution is 2.38. The van der Waals surface area contributed by atoms with E-state index >= 15 is 0 Å². The van der Waals surface area contributed by atoms with Crippen molar-refractivity contribution in [3.8, 4) is 28.7 Å². The molecule has 0 saturated carbocycles. The summed E-state index contributed by atoms with van der Waals surface area (Å²) >= 11 is 0. The minimum atomic E-state index is -0.469. The predicted molar refractivity (Wildman–Crippen MR) is 126 cm³/mol. The van der Waals surface area contributed by atoms with Gasteiger partial charge in [-0.15, -0.1) is 0 Å². The van der Waals surface area contributed by atoms with Crippen molar-refractivity contribution in [2.45, 2.75) is 0 Å². The monoisotopic (exact) mass is 458 g/mol. The Kier molecular flexibility index (Phi) is 7.51. The Hall–Kier alpha value is -4.78. The fraction of sp³-hybridized carbons (Fsp3) is 0.0370. The molecule has 0 unspecified atom stereocenters. The van der Waals surface area contributed by atoms with Crippen LogP contribution in [-0.4, -0.2) is 39.1 Å². The third-order valence-electron chi connectivity index (χ3n) is 4.88. The second-order valence-corrected chi connectivity index (χ2v) is 7.10. The summed E-state index contributed by atoms with van der Waals surface area (Å²) < 4.78 is 4.84. The van der Waals surface area contributed by atoms with Gasteiger partial charge in [-0.3, -0.25) is 9.59 Å². The van der Waals surface area contributed by atoms with Crippen molar-refractivity contribution in [3.05, 3.63) is 113 Å². The maximum atomic E-state index is 12.1. The largest absolute Gasteiger partial charge is 0.508 e. The summed E-state index contributed by atoms with van der Waals surface area (Å²) in [5.74, 6) is -1.68. The minimum absolute atomic E-state index is 0.0412. The lowest BCUT2D eigenvalue weighted by Gasteiger charge is -2.09. The van der Waals surface area contributed by atoms with Gasteiger partial charge in [-0.25, -0.2) is 0 Å². The SMILES string of the molecule is COc1ccc(C(=O)c2ccccc2)c(O)c1O.O=C(c1ccccc1)c1ccc(O)cc1O. The molecule has 34 heavy (non-hydrogen) atoms. The number of hydrogen-bond acceptors (Lipinski definition) is 7. The van der Waals surface area contributed by atoms with E-state index in [1.165, 1.54) is 31.4 Å². The normalized spacial score (nSPS) is 10.0. The van der Waals surface area contributed by atoms with E-state index in [0.29, 0.717) is 11.1 Å². The lowest BCUT2D eigenvalue weighted by molar-refractivity contribution is 0.102. The number of phenolic OH excluding ortho intramolecular Hbond substituents is 4. The molecular formula is C27H22O7. The van der Waals surface area contributed by atoms with Crippen molar-refractivity contribution >= 4 is 11.6 Å². The first-order valence-electron chi connectivity index (χ1n) is 10.1. The van der Waals surface area contributed by atoms with Crippen molar-refractivity contribution in [2.24, 2.45) is 0 Å². The van der Waals surface area contributed by atoms with Gasteiger partial charge >= 0.3 is 0 Å². The van der Waals surface area contributed by atoms with Gasteiger partial charge in [-0.1, -0.05) is 60.7 Å². The molecule has 0 heterocycles. The molecule has 0 aliphatic rings. The quantitative estimate of drug-likeness (QED) is 0.253. The summed E-state index contributed by atoms with van der Waals surface area (Å²) in [4.78, 5) is 24.0. The first kappa shape index (κ1) is 23.9. The zero-order chi connectivity index (χ0) is 24.7. The number of benzene rings is 4. The Morgan fingerprint density at radius 1 is 0.618 bits per heavy atom. The number of phenols is 4. The fourth-order valence-corrected chi connectivity index (χ4v) is 3.11. The molecule has 0 aromatic heterocycles. The third kappa shape index (κ3) is 5.34. The van der Waals surface area contributed by atoms with Crippen LogP contribution < -0.4 is 4.74 Å². The summed E-state index contributed by atoms with van der Waals surface area (Å²) in [6.07, 6.45) is 0. The molecule has 4 aromatic carbocycles. The standard InChI is InChI=1S/C14H12O4.C13H10O3/c1-18-11-8-7-10(13(16)14(11)17)12(15)9-5-3-2-4-6-9;14-10-6-7-11(12(15)8-10)13(16)9-4-2-1-3-5-9/h2-8,16-17H,1H3;1-8,14-15H. The van der Waals surface area contributed by atoms with Gasteiger partial charge in [-0.2, -0.15) is 0 Å². The molecule has 0 fully saturated rings. The van der Waals surface area contributed by atoms with Crippen molar-refractivity contribution in [1.29, 1.82) is 0 Å². The molecule has 4 aromatic rings. The molecule has 0 saturated heterocycles. The minimum Gasteiger partial charge on any atom is -0.508 e. The molecule has 0 radical (unpaired) electrons. The van der Waals surface area contributed by atoms with E-state index in [1.54, 1.807) is 54.6 Å². The topological polar surface area (TPSA) is 124 Å². The van der Waals surface area contributed by atoms with Gasteiger partial charge in [0.15, 0.2) is 23.1 Å². The number of hydrogen-bond donors (Lipinski definition) is 4. The third-order valence-corrected chi connectivity index (χ3v) is 4.88. The smallest absolute Gasteiger partial charge is 0.201 e. The van der Waals surface area contributed by atoms with Crippen LogP contribution in [-0.2, 0) is 0 Å². The first-order chi connectivity index (χ1) is 16.3. The Labute approximate surface area is 195 Å². The second kappa shape index (κ2) is 10.7. The zero-order valence-electron chi connectivity index (χ0n) is 18.2. The second-order valence-electron chi connectivity index (χ2n) is 7.10. The van der Waals surface area contributed by atoms with Gasteiger partial charge in [0, 0.05) is 17.2 Å². The average Bonchev–Trinajstić information content (AvgIpc) is 2.86. The van der Waals surface area contributed by atoms with Crippen LogP contribution >= 0.6 is 0 Å². The average molecular weight is 458 g/mol. The van der Waals surface area contributed by atoms with Gasteiger partial charge in [-0.05, 0) is 24.3 Å². The van der Waals surface area contributed by atoms with Crippen LogP contribution in [0.2, 0.25) is 0 Å². The molecular weight excluding hydrogens is 436 g/mol. The fourth-order valence-electron chi connectivity index (χ4n) is 3.11. The van der Waals surface area contributed by atoms with E-state index in [0.717, 1.165) is 6.07 Å². The van der Waals surface area contributed by atoms with Crippen LogP contribution in [0.1, 0.15) is 31.8 Å². The van der Waals surface area contributed by atoms with Crippen molar-refractivity contribution < 1.29 is 34.8 Å². The molecule has 0 amide bonds. The van der Waals surface area contributed by atoms with Crippen LogP contribution in [0, 0.1) is 0 Å². The molecule has 7 nitrogen and oxygen atoms in total. The first-order valence-corrected chi connectivity index (χ1v) is 10.1. The molecule has 172 valence electrons. The maximum absolute atomic E-state index is 12.1. The molecule has 7 heteroatoms. The number of carbonyl (C=O) groups is 2. The Morgan fingerprint density at radius 2 is 1.12 bits per heavy atom. The van der Waals surface area contributed by atoms with E-state index in [9.17, 15) is 24.9 Å². The van der Waals surface area contributed by atoms with Gasteiger partial charge in [0.25, 0.3) is 0 Å². The van der Waals surface area contributed by atoms with Crippen molar-refractivity contribution in [1.82, 2.24) is 0 Å². The van der Waals surface area contributed by atoms with E-state index < -0.39 is 11.5 Å².